The number of pyridine rings is 1. The highest BCUT2D eigenvalue weighted by Gasteiger charge is 2.22. The van der Waals surface area contributed by atoms with Gasteiger partial charge in [0.05, 0.1) is 28.5 Å². The number of rotatable bonds is 5. The molecule has 3 heterocycles. The lowest BCUT2D eigenvalue weighted by Gasteiger charge is -2.17. The van der Waals surface area contributed by atoms with Crippen LogP contribution in [0.25, 0.3) is 10.7 Å². The molecule has 3 aromatic rings. The molecular formula is C20H17ClN4O2S. The van der Waals surface area contributed by atoms with E-state index in [4.69, 9.17) is 11.6 Å². The maximum Gasteiger partial charge on any atom is 0.230 e. The second-order valence-electron chi connectivity index (χ2n) is 6.40. The molecule has 1 aliphatic rings. The Hall–Kier alpha value is -2.77. The predicted octanol–water partition coefficient (Wildman–Crippen LogP) is 4.17. The molecule has 4 rings (SSSR count). The molecule has 6 nitrogen and oxygen atoms in total. The van der Waals surface area contributed by atoms with Crippen LogP contribution in [0.15, 0.2) is 48.0 Å². The Balaban J connectivity index is 1.45. The summed E-state index contributed by atoms with van der Waals surface area (Å²) >= 11 is 7.68. The van der Waals surface area contributed by atoms with E-state index in [9.17, 15) is 9.59 Å². The van der Waals surface area contributed by atoms with E-state index in [2.05, 4.69) is 15.3 Å². The third kappa shape index (κ3) is 4.05. The minimum Gasteiger partial charge on any atom is -0.324 e. The van der Waals surface area contributed by atoms with Crippen molar-refractivity contribution in [3.63, 3.8) is 0 Å². The highest BCUT2D eigenvalue weighted by molar-refractivity contribution is 7.13. The lowest BCUT2D eigenvalue weighted by molar-refractivity contribution is -0.117. The molecule has 2 amide bonds. The van der Waals surface area contributed by atoms with E-state index >= 15 is 0 Å². The van der Waals surface area contributed by atoms with E-state index in [0.717, 1.165) is 22.8 Å². The van der Waals surface area contributed by atoms with Crippen molar-refractivity contribution in [2.75, 3.05) is 16.8 Å². The second kappa shape index (κ2) is 8.08. The zero-order valence-electron chi connectivity index (χ0n) is 14.9. The minimum absolute atomic E-state index is 0.0872. The Morgan fingerprint density at radius 3 is 2.93 bits per heavy atom. The molecule has 0 saturated carbocycles. The number of hydrogen-bond donors (Lipinski definition) is 1. The number of carbonyl (C=O) groups is 2. The van der Waals surface area contributed by atoms with E-state index in [-0.39, 0.29) is 18.2 Å². The SMILES string of the molecule is O=C(Cc1csc(-c2ccccn2)n1)Nc1cc(N2CCCC2=O)ccc1Cl. The lowest BCUT2D eigenvalue weighted by atomic mass is 10.2. The van der Waals surface area contributed by atoms with Crippen molar-refractivity contribution >= 4 is 46.1 Å². The third-order valence-corrected chi connectivity index (χ3v) is 5.63. The summed E-state index contributed by atoms with van der Waals surface area (Å²) in [6.07, 6.45) is 3.23. The minimum atomic E-state index is -0.218. The molecule has 1 aliphatic heterocycles. The lowest BCUT2D eigenvalue weighted by Crippen LogP contribution is -2.24. The Kier molecular flexibility index (Phi) is 5.36. The van der Waals surface area contributed by atoms with E-state index < -0.39 is 0 Å². The predicted molar refractivity (Wildman–Crippen MR) is 111 cm³/mol. The van der Waals surface area contributed by atoms with Gasteiger partial charge in [0.2, 0.25) is 11.8 Å². The van der Waals surface area contributed by atoms with Crippen LogP contribution in [0.2, 0.25) is 5.02 Å². The molecule has 1 saturated heterocycles. The van der Waals surface area contributed by atoms with Crippen LogP contribution >= 0.6 is 22.9 Å². The first-order valence-electron chi connectivity index (χ1n) is 8.86. The fraction of sp³-hybridized carbons (Fsp3) is 0.200. The quantitative estimate of drug-likeness (QED) is 0.682. The number of anilines is 2. The van der Waals surface area contributed by atoms with E-state index in [1.165, 1.54) is 11.3 Å². The second-order valence-corrected chi connectivity index (χ2v) is 7.66. The van der Waals surface area contributed by atoms with Crippen molar-refractivity contribution in [3.8, 4) is 10.7 Å². The summed E-state index contributed by atoms with van der Waals surface area (Å²) in [6.45, 7) is 0.684. The highest BCUT2D eigenvalue weighted by atomic mass is 35.5. The summed E-state index contributed by atoms with van der Waals surface area (Å²) < 4.78 is 0. The smallest absolute Gasteiger partial charge is 0.230 e. The third-order valence-electron chi connectivity index (χ3n) is 4.39. The normalized spacial score (nSPS) is 13.8. The first-order valence-corrected chi connectivity index (χ1v) is 10.1. The molecule has 1 fully saturated rings. The summed E-state index contributed by atoms with van der Waals surface area (Å²) in [5.74, 6) is -0.131. The van der Waals surface area contributed by atoms with Crippen molar-refractivity contribution in [1.82, 2.24) is 9.97 Å². The molecule has 2 aromatic heterocycles. The summed E-state index contributed by atoms with van der Waals surface area (Å²) in [4.78, 5) is 34.9. The number of amides is 2. The summed E-state index contributed by atoms with van der Waals surface area (Å²) in [6, 6.07) is 10.9. The first-order chi connectivity index (χ1) is 13.6. The van der Waals surface area contributed by atoms with E-state index in [1.807, 2.05) is 23.6 Å². The highest BCUT2D eigenvalue weighted by Crippen LogP contribution is 2.30. The zero-order valence-corrected chi connectivity index (χ0v) is 16.5. The van der Waals surface area contributed by atoms with Crippen LogP contribution < -0.4 is 10.2 Å². The monoisotopic (exact) mass is 412 g/mol. The Labute approximate surface area is 171 Å². The van der Waals surface area contributed by atoms with Crippen molar-refractivity contribution in [2.24, 2.45) is 0 Å². The zero-order chi connectivity index (χ0) is 19.5. The Morgan fingerprint density at radius 1 is 1.29 bits per heavy atom. The Morgan fingerprint density at radius 2 is 2.18 bits per heavy atom. The fourth-order valence-corrected chi connectivity index (χ4v) is 4.01. The van der Waals surface area contributed by atoms with Crippen LogP contribution in [-0.4, -0.2) is 28.3 Å². The molecule has 0 radical (unpaired) electrons. The van der Waals surface area contributed by atoms with Gasteiger partial charge >= 0.3 is 0 Å². The van der Waals surface area contributed by atoms with Crippen molar-refractivity contribution < 1.29 is 9.59 Å². The molecule has 0 aliphatic carbocycles. The van der Waals surface area contributed by atoms with Crippen LogP contribution in [0, 0.1) is 0 Å². The van der Waals surface area contributed by atoms with Gasteiger partial charge in [-0.25, -0.2) is 4.98 Å². The van der Waals surface area contributed by atoms with Crippen molar-refractivity contribution in [2.45, 2.75) is 19.3 Å². The topological polar surface area (TPSA) is 75.2 Å². The van der Waals surface area contributed by atoms with Gasteiger partial charge in [-0.1, -0.05) is 17.7 Å². The molecule has 1 aromatic carbocycles. The Bertz CT molecular complexity index is 1020. The molecule has 0 bridgehead atoms. The standard InChI is InChI=1S/C20H17ClN4O2S/c21-15-7-6-14(25-9-3-5-19(25)27)11-17(15)24-18(26)10-13-12-28-20(23-13)16-4-1-2-8-22-16/h1-2,4,6-8,11-12H,3,5,9-10H2,(H,24,26). The average Bonchev–Trinajstić information content (AvgIpc) is 3.33. The van der Waals surface area contributed by atoms with Crippen LogP contribution in [0.4, 0.5) is 11.4 Å². The number of carbonyl (C=O) groups excluding carboxylic acids is 2. The summed E-state index contributed by atoms with van der Waals surface area (Å²) in [7, 11) is 0. The molecule has 0 unspecified atom stereocenters. The number of nitrogens with zero attached hydrogens (tertiary/aromatic N) is 3. The van der Waals surface area contributed by atoms with Crippen LogP contribution in [0.1, 0.15) is 18.5 Å². The molecule has 0 atom stereocenters. The molecule has 1 N–H and O–H groups in total. The van der Waals surface area contributed by atoms with Crippen LogP contribution in [0.3, 0.4) is 0 Å². The van der Waals surface area contributed by atoms with Crippen LogP contribution in [-0.2, 0) is 16.0 Å². The number of thiazole rings is 1. The van der Waals surface area contributed by atoms with Gasteiger partial charge in [-0.15, -0.1) is 11.3 Å². The van der Waals surface area contributed by atoms with Crippen molar-refractivity contribution in [3.05, 3.63) is 58.7 Å². The van der Waals surface area contributed by atoms with Gasteiger partial charge in [-0.2, -0.15) is 0 Å². The number of hydrogen-bond acceptors (Lipinski definition) is 5. The molecule has 28 heavy (non-hydrogen) atoms. The number of nitrogens with one attached hydrogen (secondary N) is 1. The van der Waals surface area contributed by atoms with E-state index in [1.54, 1.807) is 29.3 Å². The van der Waals surface area contributed by atoms with Gasteiger partial charge in [0.25, 0.3) is 0 Å². The van der Waals surface area contributed by atoms with Gasteiger partial charge in [-0.3, -0.25) is 14.6 Å². The molecule has 0 spiro atoms. The number of benzene rings is 1. The largest absolute Gasteiger partial charge is 0.324 e. The summed E-state index contributed by atoms with van der Waals surface area (Å²) in [5.41, 5.74) is 2.69. The van der Waals surface area contributed by atoms with Crippen LogP contribution in [0.5, 0.6) is 0 Å². The number of aromatic nitrogens is 2. The fourth-order valence-electron chi connectivity index (χ4n) is 3.05. The van der Waals surface area contributed by atoms with Crippen molar-refractivity contribution in [1.29, 1.82) is 0 Å². The maximum atomic E-state index is 12.5. The van der Waals surface area contributed by atoms with Gasteiger partial charge in [0.1, 0.15) is 5.01 Å². The first kappa shape index (κ1) is 18.6. The van der Waals surface area contributed by atoms with Gasteiger partial charge in [0.15, 0.2) is 0 Å². The molecule has 8 heteroatoms. The molecular weight excluding hydrogens is 396 g/mol. The van der Waals surface area contributed by atoms with Gasteiger partial charge < -0.3 is 10.2 Å². The summed E-state index contributed by atoms with van der Waals surface area (Å²) in [5, 5.41) is 5.88. The maximum absolute atomic E-state index is 12.5. The van der Waals surface area contributed by atoms with Gasteiger partial charge in [0, 0.05) is 30.2 Å². The van der Waals surface area contributed by atoms with Gasteiger partial charge in [-0.05, 0) is 36.8 Å². The molecule has 142 valence electrons. The number of halogens is 1. The average molecular weight is 413 g/mol. The van der Waals surface area contributed by atoms with E-state index in [0.29, 0.717) is 29.4 Å².